The summed E-state index contributed by atoms with van der Waals surface area (Å²) in [6, 6.07) is 11.2. The second kappa shape index (κ2) is 10.7. The molecule has 1 saturated heterocycles. The fraction of sp³-hybridized carbons (Fsp3) is 0.391. The van der Waals surface area contributed by atoms with E-state index in [1.54, 1.807) is 44.4 Å². The van der Waals surface area contributed by atoms with Crippen LogP contribution in [0.4, 0.5) is 11.4 Å². The maximum Gasteiger partial charge on any atom is 0.253 e. The third kappa shape index (κ3) is 6.02. The van der Waals surface area contributed by atoms with Gasteiger partial charge >= 0.3 is 0 Å². The summed E-state index contributed by atoms with van der Waals surface area (Å²) in [6.07, 6.45) is 2.74. The number of amides is 2. The largest absolute Gasteiger partial charge is 0.495 e. The maximum atomic E-state index is 13.0. The minimum atomic E-state index is -3.61. The topological polar surface area (TPSA) is 108 Å². The van der Waals surface area contributed by atoms with Crippen molar-refractivity contribution in [1.82, 2.24) is 9.21 Å². The SMILES string of the molecule is COc1ccc(S(=O)(=O)N2CCCCC2)cc1NCC(=O)Nc1ccc(C(=O)N(C)C)cc1. The molecule has 1 aliphatic rings. The van der Waals surface area contributed by atoms with Crippen LogP contribution in [-0.2, 0) is 14.8 Å². The minimum absolute atomic E-state index is 0.0953. The van der Waals surface area contributed by atoms with Crippen molar-refractivity contribution in [1.29, 1.82) is 0 Å². The molecule has 178 valence electrons. The Morgan fingerprint density at radius 2 is 1.70 bits per heavy atom. The van der Waals surface area contributed by atoms with Crippen LogP contribution in [0.15, 0.2) is 47.4 Å². The Morgan fingerprint density at radius 3 is 2.30 bits per heavy atom. The van der Waals surface area contributed by atoms with Gasteiger partial charge < -0.3 is 20.3 Å². The summed E-state index contributed by atoms with van der Waals surface area (Å²) in [5, 5.41) is 5.71. The van der Waals surface area contributed by atoms with E-state index in [1.807, 2.05) is 0 Å². The van der Waals surface area contributed by atoms with E-state index in [1.165, 1.54) is 28.4 Å². The number of anilines is 2. The van der Waals surface area contributed by atoms with Crippen LogP contribution in [-0.4, -0.2) is 70.3 Å². The molecule has 0 saturated carbocycles. The lowest BCUT2D eigenvalue weighted by Gasteiger charge is -2.26. The Kier molecular flexibility index (Phi) is 7.93. The lowest BCUT2D eigenvalue weighted by Crippen LogP contribution is -2.35. The highest BCUT2D eigenvalue weighted by Crippen LogP contribution is 2.29. The molecule has 3 rings (SSSR count). The van der Waals surface area contributed by atoms with Crippen LogP contribution in [0.2, 0.25) is 0 Å². The number of benzene rings is 2. The first-order valence-electron chi connectivity index (χ1n) is 10.8. The molecule has 33 heavy (non-hydrogen) atoms. The second-order valence-electron chi connectivity index (χ2n) is 8.01. The summed E-state index contributed by atoms with van der Waals surface area (Å²) in [5.74, 6) is -0.0130. The number of carbonyl (C=O) groups excluding carboxylic acids is 2. The third-order valence-corrected chi connectivity index (χ3v) is 7.28. The van der Waals surface area contributed by atoms with Crippen LogP contribution in [0.1, 0.15) is 29.6 Å². The van der Waals surface area contributed by atoms with Crippen molar-refractivity contribution in [3.8, 4) is 5.75 Å². The maximum absolute atomic E-state index is 13.0. The Balaban J connectivity index is 1.67. The molecule has 9 nitrogen and oxygen atoms in total. The van der Waals surface area contributed by atoms with Crippen molar-refractivity contribution in [3.63, 3.8) is 0 Å². The van der Waals surface area contributed by atoms with Gasteiger partial charge in [0, 0.05) is 38.4 Å². The van der Waals surface area contributed by atoms with Crippen LogP contribution in [0.25, 0.3) is 0 Å². The van der Waals surface area contributed by atoms with Crippen molar-refractivity contribution in [3.05, 3.63) is 48.0 Å². The van der Waals surface area contributed by atoms with E-state index in [0.717, 1.165) is 19.3 Å². The lowest BCUT2D eigenvalue weighted by atomic mass is 10.2. The van der Waals surface area contributed by atoms with Gasteiger partial charge in [-0.2, -0.15) is 4.31 Å². The Labute approximate surface area is 194 Å². The molecule has 0 bridgehead atoms. The summed E-state index contributed by atoms with van der Waals surface area (Å²) in [7, 11) is 1.22. The summed E-state index contributed by atoms with van der Waals surface area (Å²) in [6.45, 7) is 0.929. The fourth-order valence-corrected chi connectivity index (χ4v) is 5.12. The highest BCUT2D eigenvalue weighted by atomic mass is 32.2. The quantitative estimate of drug-likeness (QED) is 0.609. The Morgan fingerprint density at radius 1 is 1.03 bits per heavy atom. The van der Waals surface area contributed by atoms with Gasteiger partial charge in [-0.05, 0) is 55.3 Å². The average Bonchev–Trinajstić information content (AvgIpc) is 2.83. The summed E-state index contributed by atoms with van der Waals surface area (Å²) < 4.78 is 32.8. The molecule has 10 heteroatoms. The Hall–Kier alpha value is -3.11. The number of piperidine rings is 1. The van der Waals surface area contributed by atoms with E-state index in [9.17, 15) is 18.0 Å². The van der Waals surface area contributed by atoms with Gasteiger partial charge in [0.1, 0.15) is 5.75 Å². The molecule has 0 spiro atoms. The van der Waals surface area contributed by atoms with Gasteiger partial charge in [0.05, 0.1) is 24.2 Å². The van der Waals surface area contributed by atoms with Crippen molar-refractivity contribution in [2.75, 3.05) is 51.5 Å². The number of hydrogen-bond acceptors (Lipinski definition) is 6. The zero-order valence-corrected chi connectivity index (χ0v) is 19.9. The molecule has 2 N–H and O–H groups in total. The molecule has 2 aromatic rings. The Bertz CT molecular complexity index is 1090. The summed E-state index contributed by atoms with van der Waals surface area (Å²) in [5.41, 5.74) is 1.48. The van der Waals surface area contributed by atoms with Gasteiger partial charge in [-0.3, -0.25) is 9.59 Å². The average molecular weight is 475 g/mol. The standard InChI is InChI=1S/C23H30N4O5S/c1-26(2)23(29)17-7-9-18(10-8-17)25-22(28)16-24-20-15-19(11-12-21(20)32-3)33(30,31)27-13-5-4-6-14-27/h7-12,15,24H,4-6,13-14,16H2,1-3H3,(H,25,28). The minimum Gasteiger partial charge on any atom is -0.495 e. The summed E-state index contributed by atoms with van der Waals surface area (Å²) in [4.78, 5) is 26.0. The van der Waals surface area contributed by atoms with Crippen LogP contribution >= 0.6 is 0 Å². The van der Waals surface area contributed by atoms with Gasteiger partial charge in [0.2, 0.25) is 15.9 Å². The smallest absolute Gasteiger partial charge is 0.253 e. The first-order chi connectivity index (χ1) is 15.7. The lowest BCUT2D eigenvalue weighted by molar-refractivity contribution is -0.114. The van der Waals surface area contributed by atoms with Gasteiger partial charge in [-0.25, -0.2) is 8.42 Å². The number of nitrogens with zero attached hydrogens (tertiary/aromatic N) is 2. The first-order valence-corrected chi connectivity index (χ1v) is 12.2. The number of methoxy groups -OCH3 is 1. The molecule has 0 radical (unpaired) electrons. The number of nitrogens with one attached hydrogen (secondary N) is 2. The van der Waals surface area contributed by atoms with Gasteiger partial charge in [-0.1, -0.05) is 6.42 Å². The molecule has 0 aromatic heterocycles. The van der Waals surface area contributed by atoms with Gasteiger partial charge in [-0.15, -0.1) is 0 Å². The predicted octanol–water partition coefficient (Wildman–Crippen LogP) is 2.62. The second-order valence-corrected chi connectivity index (χ2v) is 9.94. The third-order valence-electron chi connectivity index (χ3n) is 5.38. The van der Waals surface area contributed by atoms with E-state index >= 15 is 0 Å². The number of sulfonamides is 1. The van der Waals surface area contributed by atoms with Crippen LogP contribution in [0.5, 0.6) is 5.75 Å². The molecule has 1 fully saturated rings. The van der Waals surface area contributed by atoms with Crippen molar-refractivity contribution >= 4 is 33.2 Å². The fourth-order valence-electron chi connectivity index (χ4n) is 3.58. The molecule has 1 aliphatic heterocycles. The van der Waals surface area contributed by atoms with E-state index in [0.29, 0.717) is 35.8 Å². The molecule has 0 unspecified atom stereocenters. The molecule has 0 atom stereocenters. The van der Waals surface area contributed by atoms with Crippen molar-refractivity contribution in [2.45, 2.75) is 24.2 Å². The van der Waals surface area contributed by atoms with E-state index < -0.39 is 10.0 Å². The van der Waals surface area contributed by atoms with Gasteiger partial charge in [0.25, 0.3) is 5.91 Å². The molecular weight excluding hydrogens is 444 g/mol. The number of ether oxygens (including phenoxy) is 1. The van der Waals surface area contributed by atoms with Gasteiger partial charge in [0.15, 0.2) is 0 Å². The zero-order chi connectivity index (χ0) is 24.0. The molecular formula is C23H30N4O5S. The highest BCUT2D eigenvalue weighted by Gasteiger charge is 2.26. The first kappa shape index (κ1) is 24.5. The molecule has 2 aromatic carbocycles. The monoisotopic (exact) mass is 474 g/mol. The predicted molar refractivity (Wildman–Crippen MR) is 127 cm³/mol. The molecule has 1 heterocycles. The number of hydrogen-bond donors (Lipinski definition) is 2. The number of carbonyl (C=O) groups is 2. The zero-order valence-electron chi connectivity index (χ0n) is 19.1. The van der Waals surface area contributed by atoms with Crippen molar-refractivity contribution < 1.29 is 22.7 Å². The van der Waals surface area contributed by atoms with E-state index in [4.69, 9.17) is 4.74 Å². The molecule has 0 aliphatic carbocycles. The normalized spacial score (nSPS) is 14.4. The molecule has 2 amide bonds. The van der Waals surface area contributed by atoms with E-state index in [-0.39, 0.29) is 23.3 Å². The van der Waals surface area contributed by atoms with Crippen LogP contribution in [0, 0.1) is 0 Å². The summed E-state index contributed by atoms with van der Waals surface area (Å²) >= 11 is 0. The number of rotatable bonds is 8. The van der Waals surface area contributed by atoms with Crippen LogP contribution < -0.4 is 15.4 Å². The highest BCUT2D eigenvalue weighted by molar-refractivity contribution is 7.89. The van der Waals surface area contributed by atoms with Crippen LogP contribution in [0.3, 0.4) is 0 Å². The van der Waals surface area contributed by atoms with Crippen molar-refractivity contribution in [2.24, 2.45) is 0 Å². The van der Waals surface area contributed by atoms with E-state index in [2.05, 4.69) is 10.6 Å².